The summed E-state index contributed by atoms with van der Waals surface area (Å²) in [6.45, 7) is -0.125. The van der Waals surface area contributed by atoms with Gasteiger partial charge in [0.2, 0.25) is 11.7 Å². The molecule has 3 aliphatic rings. The van der Waals surface area contributed by atoms with Gasteiger partial charge in [-0.1, -0.05) is 0 Å². The van der Waals surface area contributed by atoms with Crippen LogP contribution in [0.25, 0.3) is 0 Å². The molecule has 0 saturated carbocycles. The van der Waals surface area contributed by atoms with Crippen molar-refractivity contribution < 1.29 is 39.3 Å². The number of nitrogens with zero attached hydrogens (tertiary/aromatic N) is 3. The number of hydrogen-bond acceptors (Lipinski definition) is 12. The van der Waals surface area contributed by atoms with Crippen LogP contribution in [0.1, 0.15) is 22.3 Å². The Morgan fingerprint density at radius 3 is 2.31 bits per heavy atom. The molecule has 42 heavy (non-hydrogen) atoms. The molecule has 1 unspecified atom stereocenters. The van der Waals surface area contributed by atoms with Gasteiger partial charge in [-0.25, -0.2) is 0 Å². The third-order valence-electron chi connectivity index (χ3n) is 8.42. The molecule has 7 N–H and O–H groups in total. The van der Waals surface area contributed by atoms with Gasteiger partial charge in [0.1, 0.15) is 17.1 Å². The Hall–Kier alpha value is -4.14. The molecule has 4 rings (SSSR count). The second kappa shape index (κ2) is 10.9. The Morgan fingerprint density at radius 2 is 1.79 bits per heavy atom. The first-order valence-corrected chi connectivity index (χ1v) is 13.4. The zero-order valence-corrected chi connectivity index (χ0v) is 24.7. The maximum Gasteiger partial charge on any atom is 0.258 e. The SMILES string of the molecule is CNC(=O)C1=C(O)C(N(C)C)[C@@H]2C[C@@H]3Cc4c(N(C)C)cc(NCC(=O)N(C)C)c(ON)c4C(=O)C3=C(O)[C@]2(O)C1=O. The Morgan fingerprint density at radius 1 is 1.14 bits per heavy atom. The second-order valence-electron chi connectivity index (χ2n) is 11.5. The average molecular weight is 587 g/mol. The van der Waals surface area contributed by atoms with Crippen molar-refractivity contribution in [2.45, 2.75) is 24.5 Å². The van der Waals surface area contributed by atoms with Crippen molar-refractivity contribution >= 4 is 34.8 Å². The van der Waals surface area contributed by atoms with E-state index in [1.54, 1.807) is 58.2 Å². The Bertz CT molecular complexity index is 1430. The summed E-state index contributed by atoms with van der Waals surface area (Å²) in [5.74, 6) is -0.643. The molecule has 1 aromatic rings. The van der Waals surface area contributed by atoms with Crippen molar-refractivity contribution in [3.05, 3.63) is 39.9 Å². The van der Waals surface area contributed by atoms with Gasteiger partial charge in [0.05, 0.1) is 23.8 Å². The number of rotatable bonds is 7. The Kier molecular flexibility index (Phi) is 8.02. The lowest BCUT2D eigenvalue weighted by atomic mass is 9.58. The molecule has 228 valence electrons. The monoisotopic (exact) mass is 586 g/mol. The zero-order valence-electron chi connectivity index (χ0n) is 24.7. The average Bonchev–Trinajstić information content (AvgIpc) is 2.92. The fourth-order valence-electron chi connectivity index (χ4n) is 6.37. The Balaban J connectivity index is 1.94. The lowest BCUT2D eigenvalue weighted by Gasteiger charge is -2.50. The number of carbonyl (C=O) groups is 4. The maximum absolute atomic E-state index is 14.2. The van der Waals surface area contributed by atoms with Gasteiger partial charge in [0, 0.05) is 52.4 Å². The summed E-state index contributed by atoms with van der Waals surface area (Å²) in [6.07, 6.45) is 0.235. The van der Waals surface area contributed by atoms with Crippen molar-refractivity contribution in [1.29, 1.82) is 0 Å². The highest BCUT2D eigenvalue weighted by molar-refractivity contribution is 6.25. The minimum absolute atomic E-state index is 0.0145. The molecule has 3 aliphatic carbocycles. The van der Waals surface area contributed by atoms with Crippen LogP contribution >= 0.6 is 0 Å². The highest BCUT2D eigenvalue weighted by Gasteiger charge is 2.63. The van der Waals surface area contributed by atoms with Crippen LogP contribution in [-0.4, -0.2) is 116 Å². The molecule has 1 aromatic carbocycles. The molecule has 2 amide bonds. The molecule has 0 radical (unpaired) electrons. The topological polar surface area (TPSA) is 198 Å². The van der Waals surface area contributed by atoms with Crippen LogP contribution in [0.3, 0.4) is 0 Å². The van der Waals surface area contributed by atoms with E-state index in [2.05, 4.69) is 10.6 Å². The highest BCUT2D eigenvalue weighted by atomic mass is 16.6. The van der Waals surface area contributed by atoms with Gasteiger partial charge in [-0.2, -0.15) is 5.90 Å². The van der Waals surface area contributed by atoms with Crippen LogP contribution in [0.15, 0.2) is 28.7 Å². The van der Waals surface area contributed by atoms with Crippen molar-refractivity contribution in [2.24, 2.45) is 17.7 Å². The number of Topliss-reactive ketones (excluding diaryl/α,β-unsaturated/α-hetero) is 2. The van der Waals surface area contributed by atoms with Gasteiger partial charge in [-0.3, -0.25) is 24.1 Å². The third kappa shape index (κ3) is 4.46. The minimum atomic E-state index is -2.66. The van der Waals surface area contributed by atoms with E-state index in [0.717, 1.165) is 0 Å². The second-order valence-corrected chi connectivity index (χ2v) is 11.5. The van der Waals surface area contributed by atoms with E-state index in [4.69, 9.17) is 10.7 Å². The number of fused-ring (bicyclic) bond motifs is 3. The highest BCUT2D eigenvalue weighted by Crippen LogP contribution is 2.54. The van der Waals surface area contributed by atoms with Gasteiger partial charge in [0.25, 0.3) is 5.91 Å². The lowest BCUT2D eigenvalue weighted by Crippen LogP contribution is -2.64. The van der Waals surface area contributed by atoms with Gasteiger partial charge >= 0.3 is 0 Å². The van der Waals surface area contributed by atoms with E-state index < -0.39 is 58.0 Å². The number of amides is 2. The summed E-state index contributed by atoms with van der Waals surface area (Å²) in [6, 6.07) is 0.694. The number of carbonyl (C=O) groups excluding carboxylic acids is 4. The molecule has 14 heteroatoms. The van der Waals surface area contributed by atoms with Crippen LogP contribution in [0.5, 0.6) is 5.75 Å². The molecular weight excluding hydrogens is 548 g/mol. The molecule has 0 saturated heterocycles. The van der Waals surface area contributed by atoms with Gasteiger partial charge in [0.15, 0.2) is 17.1 Å². The lowest BCUT2D eigenvalue weighted by molar-refractivity contribution is -0.148. The van der Waals surface area contributed by atoms with Gasteiger partial charge in [-0.15, -0.1) is 0 Å². The normalized spacial score (nSPS) is 25.0. The number of ketones is 2. The summed E-state index contributed by atoms with van der Waals surface area (Å²) >= 11 is 0. The number of hydrogen-bond donors (Lipinski definition) is 6. The molecule has 0 spiro atoms. The third-order valence-corrected chi connectivity index (χ3v) is 8.42. The summed E-state index contributed by atoms with van der Waals surface area (Å²) in [5.41, 5.74) is -2.09. The minimum Gasteiger partial charge on any atom is -0.510 e. The van der Waals surface area contributed by atoms with E-state index in [1.807, 2.05) is 0 Å². The predicted octanol–water partition coefficient (Wildman–Crippen LogP) is -0.506. The van der Waals surface area contributed by atoms with Crippen molar-refractivity contribution in [1.82, 2.24) is 15.1 Å². The van der Waals surface area contributed by atoms with Crippen LogP contribution in [-0.2, 0) is 20.8 Å². The smallest absolute Gasteiger partial charge is 0.258 e. The number of nitrogens with two attached hydrogens (primary N) is 1. The summed E-state index contributed by atoms with van der Waals surface area (Å²) in [7, 11) is 11.3. The molecular formula is C28H38N6O8. The number of anilines is 2. The van der Waals surface area contributed by atoms with Crippen molar-refractivity contribution in [2.75, 3.05) is 66.1 Å². The number of benzene rings is 1. The Labute approximate surface area is 243 Å². The molecule has 14 nitrogen and oxygen atoms in total. The summed E-state index contributed by atoms with van der Waals surface area (Å²) in [4.78, 5) is 62.7. The number of aliphatic hydroxyl groups excluding tert-OH is 2. The number of aliphatic hydroxyl groups is 3. The summed E-state index contributed by atoms with van der Waals surface area (Å²) in [5, 5.41) is 39.9. The molecule has 0 aliphatic heterocycles. The number of allylic oxidation sites excluding steroid dienone is 1. The number of nitrogens with one attached hydrogen (secondary N) is 2. The molecule has 0 heterocycles. The first-order chi connectivity index (χ1) is 19.6. The van der Waals surface area contributed by atoms with Crippen LogP contribution in [0.4, 0.5) is 11.4 Å². The van der Waals surface area contributed by atoms with E-state index in [9.17, 15) is 34.5 Å². The largest absolute Gasteiger partial charge is 0.510 e. The van der Waals surface area contributed by atoms with E-state index in [-0.39, 0.29) is 47.9 Å². The molecule has 4 atom stereocenters. The molecule has 0 bridgehead atoms. The molecule has 0 aromatic heterocycles. The van der Waals surface area contributed by atoms with Gasteiger partial charge in [-0.05, 0) is 44.5 Å². The first kappa shape index (κ1) is 30.8. The quantitative estimate of drug-likeness (QED) is 0.177. The van der Waals surface area contributed by atoms with Gasteiger partial charge < -0.3 is 40.6 Å². The van der Waals surface area contributed by atoms with Crippen LogP contribution in [0.2, 0.25) is 0 Å². The van der Waals surface area contributed by atoms with E-state index >= 15 is 0 Å². The maximum atomic E-state index is 14.2. The fourth-order valence-corrected chi connectivity index (χ4v) is 6.37. The summed E-state index contributed by atoms with van der Waals surface area (Å²) < 4.78 is 0. The van der Waals surface area contributed by atoms with Crippen LogP contribution in [0, 0.1) is 11.8 Å². The van der Waals surface area contributed by atoms with E-state index in [0.29, 0.717) is 11.3 Å². The van der Waals surface area contributed by atoms with Crippen molar-refractivity contribution in [3.8, 4) is 5.75 Å². The predicted molar refractivity (Wildman–Crippen MR) is 153 cm³/mol. The first-order valence-electron chi connectivity index (χ1n) is 13.4. The molecule has 0 fully saturated rings. The van der Waals surface area contributed by atoms with Crippen molar-refractivity contribution in [3.63, 3.8) is 0 Å². The number of likely N-dealkylation sites (N-methyl/N-ethyl adjacent to an activating group) is 3. The zero-order chi connectivity index (χ0) is 31.4. The standard InChI is InChI=1S/C28H38N6O8/c1-30-27(40)20-23(37)21(34(6)7)14-9-12-8-13-16(32(2)3)10-15(31-11-17(35)33(4)5)24(42-29)19(13)22(36)18(12)25(38)28(14,41)26(20)39/h10,12,14,21,31,37-38,41H,8-9,11,29H2,1-7H3,(H,30,40)/t12-,14-,21?,28-/m0/s1. The fraction of sp³-hybridized carbons (Fsp3) is 0.500. The van der Waals surface area contributed by atoms with Crippen LogP contribution < -0.4 is 26.3 Å². The van der Waals surface area contributed by atoms with E-state index in [1.165, 1.54) is 11.9 Å².